The average molecular weight is 844 g/mol. The topological polar surface area (TPSA) is 46.1 Å². The van der Waals surface area contributed by atoms with Crippen LogP contribution in [0.4, 0.5) is 5.69 Å². The third-order valence-electron chi connectivity index (χ3n) is 12.8. The molecule has 0 bridgehead atoms. The number of amides is 1. The van der Waals surface area contributed by atoms with Gasteiger partial charge in [0.15, 0.2) is 0 Å². The summed E-state index contributed by atoms with van der Waals surface area (Å²) in [5.41, 5.74) is 19.4. The first-order chi connectivity index (χ1) is 30.2. The Kier molecular flexibility index (Phi) is 11.7. The summed E-state index contributed by atoms with van der Waals surface area (Å²) in [4.78, 5) is 25.2. The highest BCUT2D eigenvalue weighted by Crippen LogP contribution is 2.42. The SMILES string of the molecule is CC(C)(C)c1cccc(C(C)(C)C)c1-c1ccc(-c2ccc(-c3cc(-c4ccc(-c5ccc(-c6c(C(C)(C)C)cccc6C(C)(C)C)nc5)cc4)cc(N4CCCC4=O)c3)cc2)cn1. The number of carbonyl (C=O) groups is 1. The minimum absolute atomic E-state index is 0.0163. The molecule has 0 spiro atoms. The lowest BCUT2D eigenvalue weighted by atomic mass is 9.75. The van der Waals surface area contributed by atoms with Crippen LogP contribution in [0.25, 0.3) is 67.0 Å². The van der Waals surface area contributed by atoms with Gasteiger partial charge in [0.25, 0.3) is 0 Å². The molecule has 0 saturated carbocycles. The zero-order chi connectivity index (χ0) is 45.8. The molecule has 2 aromatic heterocycles. The summed E-state index contributed by atoms with van der Waals surface area (Å²) in [6.45, 7) is 28.1. The molecule has 5 aromatic carbocycles. The van der Waals surface area contributed by atoms with Gasteiger partial charge in [0.1, 0.15) is 0 Å². The summed E-state index contributed by atoms with van der Waals surface area (Å²) in [6.07, 6.45) is 5.48. The predicted molar refractivity (Wildman–Crippen MR) is 271 cm³/mol. The van der Waals surface area contributed by atoms with E-state index in [0.29, 0.717) is 6.42 Å². The van der Waals surface area contributed by atoms with Gasteiger partial charge in [0, 0.05) is 53.3 Å². The molecule has 1 aliphatic rings. The van der Waals surface area contributed by atoms with Crippen LogP contribution in [0.2, 0.25) is 0 Å². The third-order valence-corrected chi connectivity index (χ3v) is 12.8. The van der Waals surface area contributed by atoms with Crippen LogP contribution in [0.3, 0.4) is 0 Å². The van der Waals surface area contributed by atoms with Crippen LogP contribution in [-0.4, -0.2) is 22.4 Å². The molecule has 0 aliphatic carbocycles. The molecule has 0 atom stereocenters. The van der Waals surface area contributed by atoms with Gasteiger partial charge < -0.3 is 4.90 Å². The highest BCUT2D eigenvalue weighted by molar-refractivity contribution is 5.97. The van der Waals surface area contributed by atoms with Crippen LogP contribution in [0.15, 0.2) is 140 Å². The summed E-state index contributed by atoms with van der Waals surface area (Å²) < 4.78 is 0. The maximum atomic E-state index is 13.1. The molecule has 1 amide bonds. The van der Waals surface area contributed by atoms with Crippen molar-refractivity contribution in [1.82, 2.24) is 9.97 Å². The van der Waals surface area contributed by atoms with Crippen molar-refractivity contribution in [2.45, 2.75) is 118 Å². The van der Waals surface area contributed by atoms with Gasteiger partial charge in [0.05, 0.1) is 11.4 Å². The number of rotatable bonds is 7. The second-order valence-electron chi connectivity index (χ2n) is 21.9. The van der Waals surface area contributed by atoms with Crippen LogP contribution >= 0.6 is 0 Å². The normalized spacial score (nSPS) is 13.8. The van der Waals surface area contributed by atoms with Crippen molar-refractivity contribution in [3.63, 3.8) is 0 Å². The first kappa shape index (κ1) is 44.5. The molecule has 1 fully saturated rings. The molecular formula is C60H65N3O. The summed E-state index contributed by atoms with van der Waals surface area (Å²) in [5.74, 6) is 0.181. The molecule has 0 unspecified atom stereocenters. The van der Waals surface area contributed by atoms with E-state index in [-0.39, 0.29) is 27.6 Å². The maximum Gasteiger partial charge on any atom is 0.227 e. The smallest absolute Gasteiger partial charge is 0.227 e. The Labute approximate surface area is 382 Å². The number of hydrogen-bond acceptors (Lipinski definition) is 3. The van der Waals surface area contributed by atoms with E-state index in [1.165, 1.54) is 33.4 Å². The summed E-state index contributed by atoms with van der Waals surface area (Å²) in [7, 11) is 0. The van der Waals surface area contributed by atoms with Gasteiger partial charge >= 0.3 is 0 Å². The molecule has 1 saturated heterocycles. The van der Waals surface area contributed by atoms with Crippen LogP contribution in [-0.2, 0) is 26.5 Å². The Bertz CT molecular complexity index is 2560. The standard InChI is InChI=1S/C60H65N3O/c1-57(2,3)48-16-13-17-49(58(4,5)6)55(48)52-31-29-43(37-61-52)39-21-25-41(26-22-39)45-34-46(36-47(35-45)63-33-15-20-54(63)64)42-27-23-40(24-28-42)44-30-32-53(62-38-44)56-50(59(7,8)9)18-14-19-51(56)60(10,11)12/h13-14,16-19,21-32,34-38H,15,20,33H2,1-12H3. The van der Waals surface area contributed by atoms with Crippen LogP contribution in [0, 0.1) is 0 Å². The lowest BCUT2D eigenvalue weighted by Crippen LogP contribution is -2.23. The number of aromatic nitrogens is 2. The van der Waals surface area contributed by atoms with E-state index in [1.54, 1.807) is 0 Å². The number of carbonyl (C=O) groups excluding carboxylic acids is 1. The first-order valence-corrected chi connectivity index (χ1v) is 23.0. The number of pyridine rings is 2. The Balaban J connectivity index is 1.09. The highest BCUT2D eigenvalue weighted by Gasteiger charge is 2.29. The third kappa shape index (κ3) is 9.11. The Morgan fingerprint density at radius 3 is 1.02 bits per heavy atom. The van der Waals surface area contributed by atoms with E-state index < -0.39 is 0 Å². The van der Waals surface area contributed by atoms with Gasteiger partial charge in [-0.3, -0.25) is 14.8 Å². The van der Waals surface area contributed by atoms with Crippen LogP contribution in [0.1, 0.15) is 118 Å². The van der Waals surface area contributed by atoms with Crippen molar-refractivity contribution in [2.24, 2.45) is 0 Å². The quantitative estimate of drug-likeness (QED) is 0.161. The second kappa shape index (κ2) is 16.8. The maximum absolute atomic E-state index is 13.1. The van der Waals surface area contributed by atoms with Gasteiger partial charge in [-0.2, -0.15) is 0 Å². The van der Waals surface area contributed by atoms with Crippen molar-refractivity contribution in [3.8, 4) is 67.0 Å². The Morgan fingerprint density at radius 1 is 0.406 bits per heavy atom. The van der Waals surface area contributed by atoms with Crippen LogP contribution in [0.5, 0.6) is 0 Å². The van der Waals surface area contributed by atoms with Crippen molar-refractivity contribution in [2.75, 3.05) is 11.4 Å². The van der Waals surface area contributed by atoms with Gasteiger partial charge in [-0.25, -0.2) is 0 Å². The van der Waals surface area contributed by atoms with Crippen LogP contribution < -0.4 is 4.90 Å². The molecule has 0 N–H and O–H groups in total. The number of benzene rings is 5. The second-order valence-corrected chi connectivity index (χ2v) is 21.9. The van der Waals surface area contributed by atoms with Crippen molar-refractivity contribution in [1.29, 1.82) is 0 Å². The van der Waals surface area contributed by atoms with Crippen molar-refractivity contribution in [3.05, 3.63) is 162 Å². The molecule has 326 valence electrons. The van der Waals surface area contributed by atoms with Gasteiger partial charge in [-0.15, -0.1) is 0 Å². The van der Waals surface area contributed by atoms with Gasteiger partial charge in [-0.1, -0.05) is 180 Å². The lowest BCUT2D eigenvalue weighted by Gasteiger charge is -2.29. The zero-order valence-electron chi connectivity index (χ0n) is 40.2. The monoisotopic (exact) mass is 844 g/mol. The van der Waals surface area contributed by atoms with Crippen molar-refractivity contribution >= 4 is 11.6 Å². The minimum atomic E-state index is -0.0163. The zero-order valence-corrected chi connectivity index (χ0v) is 40.2. The lowest BCUT2D eigenvalue weighted by molar-refractivity contribution is -0.117. The van der Waals surface area contributed by atoms with E-state index in [0.717, 1.165) is 74.5 Å². The predicted octanol–water partition coefficient (Wildman–Crippen LogP) is 15.8. The molecule has 1 aliphatic heterocycles. The highest BCUT2D eigenvalue weighted by atomic mass is 16.2. The molecule has 3 heterocycles. The van der Waals surface area contributed by atoms with Gasteiger partial charge in [0.2, 0.25) is 5.91 Å². The fourth-order valence-electron chi connectivity index (χ4n) is 9.31. The fraction of sp³-hybridized carbons (Fsp3) is 0.317. The average Bonchev–Trinajstić information content (AvgIpc) is 3.70. The first-order valence-electron chi connectivity index (χ1n) is 23.0. The van der Waals surface area contributed by atoms with E-state index in [4.69, 9.17) is 9.97 Å². The van der Waals surface area contributed by atoms with E-state index in [2.05, 4.69) is 210 Å². The molecule has 7 aromatic rings. The van der Waals surface area contributed by atoms with E-state index in [1.807, 2.05) is 17.3 Å². The molecule has 0 radical (unpaired) electrons. The molecule has 8 rings (SSSR count). The summed E-state index contributed by atoms with van der Waals surface area (Å²) in [5, 5.41) is 0. The molecule has 4 heteroatoms. The van der Waals surface area contributed by atoms with Crippen molar-refractivity contribution < 1.29 is 4.79 Å². The van der Waals surface area contributed by atoms with E-state index in [9.17, 15) is 4.79 Å². The Morgan fingerprint density at radius 2 is 0.734 bits per heavy atom. The molecule has 64 heavy (non-hydrogen) atoms. The fourth-order valence-corrected chi connectivity index (χ4v) is 9.31. The summed E-state index contributed by atoms with van der Waals surface area (Å²) >= 11 is 0. The molecular weight excluding hydrogens is 779 g/mol. The van der Waals surface area contributed by atoms with E-state index >= 15 is 0 Å². The molecule has 4 nitrogen and oxygen atoms in total. The number of anilines is 1. The number of nitrogens with zero attached hydrogens (tertiary/aromatic N) is 3. The number of hydrogen-bond donors (Lipinski definition) is 0. The van der Waals surface area contributed by atoms with Gasteiger partial charge in [-0.05, 0) is 114 Å². The summed E-state index contributed by atoms with van der Waals surface area (Å²) in [6, 6.07) is 46.2. The minimum Gasteiger partial charge on any atom is -0.312 e. The Hall–Kier alpha value is -6.13. The largest absolute Gasteiger partial charge is 0.312 e.